The zero-order chi connectivity index (χ0) is 24.5. The number of hydrogen-bond donors (Lipinski definition) is 2. The summed E-state index contributed by atoms with van der Waals surface area (Å²) < 4.78 is 0. The molecule has 6 heteroatoms. The molecule has 2 unspecified atom stereocenters. The van der Waals surface area contributed by atoms with E-state index in [1.807, 2.05) is 68.1 Å². The van der Waals surface area contributed by atoms with Gasteiger partial charge in [0, 0.05) is 6.04 Å². The van der Waals surface area contributed by atoms with E-state index in [1.54, 1.807) is 36.4 Å². The minimum absolute atomic E-state index is 0.00578. The van der Waals surface area contributed by atoms with Gasteiger partial charge in [-0.25, -0.2) is 0 Å². The standard InChI is InChI=1S/C28H30N4O2/c1-4-32(21(3)24-16-14-22(18-29)15-17-24)19-27(33)31-26-13-9-8-12-25(26)28(34)30-20(2)23-10-6-5-7-11-23/h5-17,20-21H,4,19H2,1-3H3,(H,30,34)(H,31,33). The van der Waals surface area contributed by atoms with Crippen LogP contribution in [0, 0.1) is 11.3 Å². The van der Waals surface area contributed by atoms with Gasteiger partial charge in [-0.1, -0.05) is 61.5 Å². The molecule has 0 aliphatic carbocycles. The molecule has 2 N–H and O–H groups in total. The van der Waals surface area contributed by atoms with E-state index in [1.165, 1.54) is 0 Å². The molecule has 0 aliphatic rings. The van der Waals surface area contributed by atoms with Crippen LogP contribution in [0.1, 0.15) is 59.9 Å². The first kappa shape index (κ1) is 24.7. The van der Waals surface area contributed by atoms with Crippen molar-refractivity contribution in [3.8, 4) is 6.07 Å². The van der Waals surface area contributed by atoms with Crippen LogP contribution in [0.4, 0.5) is 5.69 Å². The topological polar surface area (TPSA) is 85.2 Å². The van der Waals surface area contributed by atoms with Gasteiger partial charge in [0.25, 0.3) is 5.91 Å². The van der Waals surface area contributed by atoms with E-state index in [4.69, 9.17) is 5.26 Å². The maximum absolute atomic E-state index is 13.0. The molecule has 0 spiro atoms. The van der Waals surface area contributed by atoms with Crippen molar-refractivity contribution in [1.82, 2.24) is 10.2 Å². The summed E-state index contributed by atoms with van der Waals surface area (Å²) in [6.45, 7) is 6.81. The van der Waals surface area contributed by atoms with Crippen LogP contribution in [-0.2, 0) is 4.79 Å². The summed E-state index contributed by atoms with van der Waals surface area (Å²) in [6.07, 6.45) is 0. The van der Waals surface area contributed by atoms with Crippen molar-refractivity contribution in [2.24, 2.45) is 0 Å². The Morgan fingerprint density at radius 3 is 2.21 bits per heavy atom. The number of hydrogen-bond acceptors (Lipinski definition) is 4. The minimum Gasteiger partial charge on any atom is -0.345 e. The molecular weight excluding hydrogens is 424 g/mol. The van der Waals surface area contributed by atoms with E-state index in [-0.39, 0.29) is 30.4 Å². The van der Waals surface area contributed by atoms with E-state index in [2.05, 4.69) is 16.7 Å². The van der Waals surface area contributed by atoms with Gasteiger partial charge in [0.15, 0.2) is 0 Å². The summed E-state index contributed by atoms with van der Waals surface area (Å²) in [5.74, 6) is -0.441. The lowest BCUT2D eigenvalue weighted by atomic mass is 10.0. The van der Waals surface area contributed by atoms with Gasteiger partial charge in [-0.05, 0) is 55.8 Å². The van der Waals surface area contributed by atoms with Crippen LogP contribution in [0.15, 0.2) is 78.9 Å². The number of nitrogens with zero attached hydrogens (tertiary/aromatic N) is 2. The average molecular weight is 455 g/mol. The maximum atomic E-state index is 13.0. The molecule has 0 saturated heterocycles. The highest BCUT2D eigenvalue weighted by atomic mass is 16.2. The number of nitriles is 1. The lowest BCUT2D eigenvalue weighted by molar-refractivity contribution is -0.117. The van der Waals surface area contributed by atoms with Crippen molar-refractivity contribution in [3.63, 3.8) is 0 Å². The molecule has 174 valence electrons. The Hall–Kier alpha value is -3.95. The van der Waals surface area contributed by atoms with Gasteiger partial charge in [0.05, 0.1) is 35.5 Å². The Bertz CT molecular complexity index is 1150. The second-order valence-electron chi connectivity index (χ2n) is 8.17. The summed E-state index contributed by atoms with van der Waals surface area (Å²) in [5, 5.41) is 14.9. The molecule has 3 aromatic rings. The zero-order valence-electron chi connectivity index (χ0n) is 19.8. The van der Waals surface area contributed by atoms with Crippen molar-refractivity contribution < 1.29 is 9.59 Å². The first-order valence-electron chi connectivity index (χ1n) is 11.4. The minimum atomic E-state index is -0.245. The Balaban J connectivity index is 1.67. The number of para-hydroxylation sites is 1. The molecule has 2 atom stereocenters. The number of nitrogens with one attached hydrogen (secondary N) is 2. The summed E-state index contributed by atoms with van der Waals surface area (Å²) in [4.78, 5) is 27.9. The van der Waals surface area contributed by atoms with Crippen LogP contribution in [0.3, 0.4) is 0 Å². The molecule has 0 radical (unpaired) electrons. The third-order valence-electron chi connectivity index (χ3n) is 5.92. The highest BCUT2D eigenvalue weighted by molar-refractivity contribution is 6.04. The molecule has 3 aromatic carbocycles. The van der Waals surface area contributed by atoms with Crippen molar-refractivity contribution in [2.75, 3.05) is 18.4 Å². The second kappa shape index (κ2) is 11.8. The molecule has 0 bridgehead atoms. The number of benzene rings is 3. The highest BCUT2D eigenvalue weighted by Crippen LogP contribution is 2.22. The van der Waals surface area contributed by atoms with Gasteiger partial charge >= 0.3 is 0 Å². The number of anilines is 1. The molecule has 0 heterocycles. The number of carbonyl (C=O) groups excluding carboxylic acids is 2. The molecule has 3 rings (SSSR count). The SMILES string of the molecule is CCN(CC(=O)Nc1ccccc1C(=O)NC(C)c1ccccc1)C(C)c1ccc(C#N)cc1. The summed E-state index contributed by atoms with van der Waals surface area (Å²) in [5.41, 5.74) is 3.54. The predicted molar refractivity (Wildman–Crippen MR) is 134 cm³/mol. The number of amides is 2. The summed E-state index contributed by atoms with van der Waals surface area (Å²) in [7, 11) is 0. The van der Waals surface area contributed by atoms with Gasteiger partial charge in [0.2, 0.25) is 5.91 Å². The molecule has 0 saturated carbocycles. The van der Waals surface area contributed by atoms with E-state index in [9.17, 15) is 9.59 Å². The quantitative estimate of drug-likeness (QED) is 0.473. The van der Waals surface area contributed by atoms with Gasteiger partial charge in [0.1, 0.15) is 0 Å². The van der Waals surface area contributed by atoms with Crippen molar-refractivity contribution in [1.29, 1.82) is 5.26 Å². The Morgan fingerprint density at radius 1 is 0.912 bits per heavy atom. The summed E-state index contributed by atoms with van der Waals surface area (Å²) >= 11 is 0. The van der Waals surface area contributed by atoms with Gasteiger partial charge in [-0.3, -0.25) is 14.5 Å². The van der Waals surface area contributed by atoms with Crippen LogP contribution in [0.25, 0.3) is 0 Å². The normalized spacial score (nSPS) is 12.4. The molecule has 0 aliphatic heterocycles. The van der Waals surface area contributed by atoms with E-state index < -0.39 is 0 Å². The number of carbonyl (C=O) groups is 2. The number of rotatable bonds is 9. The molecular formula is C28H30N4O2. The van der Waals surface area contributed by atoms with Crippen LogP contribution in [0.2, 0.25) is 0 Å². The first-order valence-corrected chi connectivity index (χ1v) is 11.4. The Morgan fingerprint density at radius 2 is 1.56 bits per heavy atom. The van der Waals surface area contributed by atoms with Gasteiger partial charge < -0.3 is 10.6 Å². The third kappa shape index (κ3) is 6.31. The zero-order valence-corrected chi connectivity index (χ0v) is 19.8. The molecule has 0 fully saturated rings. The maximum Gasteiger partial charge on any atom is 0.253 e. The second-order valence-corrected chi connectivity index (χ2v) is 8.17. The predicted octanol–water partition coefficient (Wildman–Crippen LogP) is 5.07. The van der Waals surface area contributed by atoms with Gasteiger partial charge in [-0.2, -0.15) is 5.26 Å². The lowest BCUT2D eigenvalue weighted by Crippen LogP contribution is -2.35. The van der Waals surface area contributed by atoms with E-state index in [0.29, 0.717) is 23.4 Å². The van der Waals surface area contributed by atoms with Crippen molar-refractivity contribution >= 4 is 17.5 Å². The third-order valence-corrected chi connectivity index (χ3v) is 5.92. The number of likely N-dealkylation sites (N-methyl/N-ethyl adjacent to an activating group) is 1. The summed E-state index contributed by atoms with van der Waals surface area (Å²) in [6, 6.07) is 26.1. The lowest BCUT2D eigenvalue weighted by Gasteiger charge is -2.27. The fourth-order valence-corrected chi connectivity index (χ4v) is 3.83. The smallest absolute Gasteiger partial charge is 0.253 e. The fourth-order valence-electron chi connectivity index (χ4n) is 3.83. The van der Waals surface area contributed by atoms with Gasteiger partial charge in [-0.15, -0.1) is 0 Å². The molecule has 2 amide bonds. The average Bonchev–Trinajstić information content (AvgIpc) is 2.87. The first-order chi connectivity index (χ1) is 16.4. The van der Waals surface area contributed by atoms with Crippen molar-refractivity contribution in [3.05, 3.63) is 101 Å². The van der Waals surface area contributed by atoms with Crippen molar-refractivity contribution in [2.45, 2.75) is 32.9 Å². The van der Waals surface area contributed by atoms with Crippen LogP contribution in [0.5, 0.6) is 0 Å². The highest BCUT2D eigenvalue weighted by Gasteiger charge is 2.20. The van der Waals surface area contributed by atoms with Crippen LogP contribution in [-0.4, -0.2) is 29.8 Å². The molecule has 34 heavy (non-hydrogen) atoms. The largest absolute Gasteiger partial charge is 0.345 e. The molecule has 0 aromatic heterocycles. The molecule has 6 nitrogen and oxygen atoms in total. The van der Waals surface area contributed by atoms with E-state index >= 15 is 0 Å². The van der Waals surface area contributed by atoms with Crippen LogP contribution >= 0.6 is 0 Å². The Labute approximate surface area is 201 Å². The van der Waals surface area contributed by atoms with Crippen LogP contribution < -0.4 is 10.6 Å². The Kier molecular flexibility index (Phi) is 8.55. The van der Waals surface area contributed by atoms with E-state index in [0.717, 1.165) is 11.1 Å². The fraction of sp³-hybridized carbons (Fsp3) is 0.250. The monoisotopic (exact) mass is 454 g/mol.